The number of hydrogen-bond acceptors (Lipinski definition) is 6. The van der Waals surface area contributed by atoms with Crippen LogP contribution in [0.4, 0.5) is 0 Å². The Morgan fingerprint density at radius 3 is 2.78 bits per heavy atom. The minimum Gasteiger partial charge on any atom is -0.481 e. The molecule has 1 aliphatic heterocycles. The van der Waals surface area contributed by atoms with Gasteiger partial charge in [-0.05, 0) is 25.0 Å². The van der Waals surface area contributed by atoms with Gasteiger partial charge in [-0.3, -0.25) is 9.59 Å². The molecule has 0 bridgehead atoms. The summed E-state index contributed by atoms with van der Waals surface area (Å²) >= 11 is 0. The molecule has 8 nitrogen and oxygen atoms in total. The van der Waals surface area contributed by atoms with E-state index in [-0.39, 0.29) is 18.2 Å². The lowest BCUT2D eigenvalue weighted by Gasteiger charge is -2.30. The first-order valence-electron chi connectivity index (χ1n) is 7.50. The Balaban J connectivity index is 1.49. The number of aromatic nitrogens is 2. The van der Waals surface area contributed by atoms with E-state index in [9.17, 15) is 9.59 Å². The zero-order valence-corrected chi connectivity index (χ0v) is 12.5. The van der Waals surface area contributed by atoms with Crippen molar-refractivity contribution in [3.8, 4) is 11.6 Å². The number of rotatable bonds is 5. The van der Waals surface area contributed by atoms with Gasteiger partial charge in [-0.2, -0.15) is 4.98 Å². The van der Waals surface area contributed by atoms with E-state index < -0.39 is 5.97 Å². The molecule has 0 aromatic carbocycles. The van der Waals surface area contributed by atoms with E-state index in [1.54, 1.807) is 17.0 Å². The lowest BCUT2D eigenvalue weighted by molar-refractivity contribution is -0.145. The first-order chi connectivity index (χ1) is 11.1. The average Bonchev–Trinajstić information content (AvgIpc) is 3.23. The summed E-state index contributed by atoms with van der Waals surface area (Å²) in [5.74, 6) is 0.109. The van der Waals surface area contributed by atoms with Gasteiger partial charge in [-0.15, -0.1) is 0 Å². The molecule has 23 heavy (non-hydrogen) atoms. The van der Waals surface area contributed by atoms with E-state index in [1.165, 1.54) is 6.26 Å². The first-order valence-corrected chi connectivity index (χ1v) is 7.50. The van der Waals surface area contributed by atoms with E-state index in [2.05, 4.69) is 10.1 Å². The highest BCUT2D eigenvalue weighted by atomic mass is 16.5. The molecule has 8 heteroatoms. The summed E-state index contributed by atoms with van der Waals surface area (Å²) in [6.07, 6.45) is 3.15. The second-order valence-electron chi connectivity index (χ2n) is 5.48. The van der Waals surface area contributed by atoms with E-state index in [4.69, 9.17) is 14.0 Å². The van der Waals surface area contributed by atoms with Crippen LogP contribution in [0, 0.1) is 5.92 Å². The molecule has 2 aromatic heterocycles. The molecule has 1 amide bonds. The fraction of sp³-hybridized carbons (Fsp3) is 0.467. The molecular formula is C15H17N3O5. The summed E-state index contributed by atoms with van der Waals surface area (Å²) in [7, 11) is 0. The van der Waals surface area contributed by atoms with Crippen molar-refractivity contribution in [2.75, 3.05) is 13.1 Å². The maximum absolute atomic E-state index is 12.2. The summed E-state index contributed by atoms with van der Waals surface area (Å²) < 4.78 is 10.3. The third kappa shape index (κ3) is 3.58. The number of likely N-dealkylation sites (tertiary alicyclic amines) is 1. The number of amides is 1. The molecule has 122 valence electrons. The SMILES string of the molecule is O=C(O)C1CCN(C(=O)CCc2nc(-c3ccco3)no2)CC1. The molecule has 1 N–H and O–H groups in total. The van der Waals surface area contributed by atoms with Gasteiger partial charge in [-0.25, -0.2) is 0 Å². The highest BCUT2D eigenvalue weighted by Gasteiger charge is 2.27. The Labute approximate surface area is 132 Å². The molecule has 2 aromatic rings. The van der Waals surface area contributed by atoms with Crippen LogP contribution in [0.15, 0.2) is 27.3 Å². The van der Waals surface area contributed by atoms with Gasteiger partial charge in [-0.1, -0.05) is 5.16 Å². The topological polar surface area (TPSA) is 110 Å². The number of carbonyl (C=O) groups is 2. The predicted molar refractivity (Wildman–Crippen MR) is 77.3 cm³/mol. The summed E-state index contributed by atoms with van der Waals surface area (Å²) in [6, 6.07) is 3.46. The van der Waals surface area contributed by atoms with Crippen LogP contribution in [-0.2, 0) is 16.0 Å². The highest BCUT2D eigenvalue weighted by Crippen LogP contribution is 2.19. The van der Waals surface area contributed by atoms with Crippen molar-refractivity contribution in [2.24, 2.45) is 5.92 Å². The first kappa shape index (κ1) is 15.3. The van der Waals surface area contributed by atoms with Crippen molar-refractivity contribution < 1.29 is 23.6 Å². The number of piperidine rings is 1. The van der Waals surface area contributed by atoms with Gasteiger partial charge < -0.3 is 18.9 Å². The molecule has 0 saturated carbocycles. The van der Waals surface area contributed by atoms with Gasteiger partial charge >= 0.3 is 5.97 Å². The second kappa shape index (κ2) is 6.64. The molecule has 0 atom stereocenters. The summed E-state index contributed by atoms with van der Waals surface area (Å²) in [5, 5.41) is 12.8. The Morgan fingerprint density at radius 2 is 2.13 bits per heavy atom. The zero-order valence-electron chi connectivity index (χ0n) is 12.5. The Bertz CT molecular complexity index is 671. The van der Waals surface area contributed by atoms with Crippen LogP contribution >= 0.6 is 0 Å². The van der Waals surface area contributed by atoms with Crippen molar-refractivity contribution in [2.45, 2.75) is 25.7 Å². The van der Waals surface area contributed by atoms with Gasteiger partial charge in [0.15, 0.2) is 5.76 Å². The van der Waals surface area contributed by atoms with E-state index >= 15 is 0 Å². The van der Waals surface area contributed by atoms with E-state index in [0.29, 0.717) is 49.8 Å². The molecule has 1 saturated heterocycles. The minimum absolute atomic E-state index is 0.0217. The lowest BCUT2D eigenvalue weighted by Crippen LogP contribution is -2.40. The van der Waals surface area contributed by atoms with Crippen LogP contribution in [-0.4, -0.2) is 45.1 Å². The quantitative estimate of drug-likeness (QED) is 0.891. The Morgan fingerprint density at radius 1 is 1.35 bits per heavy atom. The summed E-state index contributed by atoms with van der Waals surface area (Å²) in [6.45, 7) is 0.967. The van der Waals surface area contributed by atoms with E-state index in [0.717, 1.165) is 0 Å². The number of aryl methyl sites for hydroxylation is 1. The average molecular weight is 319 g/mol. The van der Waals surface area contributed by atoms with Crippen molar-refractivity contribution in [3.63, 3.8) is 0 Å². The second-order valence-corrected chi connectivity index (χ2v) is 5.48. The number of carbonyl (C=O) groups excluding carboxylic acids is 1. The number of hydrogen-bond donors (Lipinski definition) is 1. The normalized spacial score (nSPS) is 15.7. The van der Waals surface area contributed by atoms with Crippen LogP contribution in [0.25, 0.3) is 11.6 Å². The molecule has 1 aliphatic rings. The molecule has 1 fully saturated rings. The third-order valence-electron chi connectivity index (χ3n) is 3.96. The van der Waals surface area contributed by atoms with Gasteiger partial charge in [0.25, 0.3) is 0 Å². The highest BCUT2D eigenvalue weighted by molar-refractivity contribution is 5.77. The number of nitrogens with zero attached hydrogens (tertiary/aromatic N) is 3. The molecule has 0 aliphatic carbocycles. The molecular weight excluding hydrogens is 302 g/mol. The predicted octanol–water partition coefficient (Wildman–Crippen LogP) is 1.59. The number of aliphatic carboxylic acids is 1. The Kier molecular flexibility index (Phi) is 4.40. The van der Waals surface area contributed by atoms with Crippen molar-refractivity contribution in [1.82, 2.24) is 15.0 Å². The van der Waals surface area contributed by atoms with Crippen molar-refractivity contribution >= 4 is 11.9 Å². The van der Waals surface area contributed by atoms with Crippen molar-refractivity contribution in [3.05, 3.63) is 24.3 Å². The fourth-order valence-electron chi connectivity index (χ4n) is 2.61. The lowest BCUT2D eigenvalue weighted by atomic mass is 9.97. The monoisotopic (exact) mass is 319 g/mol. The maximum Gasteiger partial charge on any atom is 0.306 e. The molecule has 3 rings (SSSR count). The van der Waals surface area contributed by atoms with Gasteiger partial charge in [0.2, 0.25) is 17.6 Å². The van der Waals surface area contributed by atoms with E-state index in [1.807, 2.05) is 0 Å². The fourth-order valence-corrected chi connectivity index (χ4v) is 2.61. The number of carboxylic acids is 1. The molecule has 0 radical (unpaired) electrons. The summed E-state index contributed by atoms with van der Waals surface area (Å²) in [4.78, 5) is 28.9. The zero-order chi connectivity index (χ0) is 16.2. The van der Waals surface area contributed by atoms with Crippen LogP contribution in [0.2, 0.25) is 0 Å². The number of carboxylic acid groups (broad SMARTS) is 1. The van der Waals surface area contributed by atoms with Crippen LogP contribution in [0.1, 0.15) is 25.2 Å². The summed E-state index contributed by atoms with van der Waals surface area (Å²) in [5.41, 5.74) is 0. The van der Waals surface area contributed by atoms with Crippen LogP contribution in [0.3, 0.4) is 0 Å². The molecule has 0 unspecified atom stereocenters. The van der Waals surface area contributed by atoms with Crippen LogP contribution in [0.5, 0.6) is 0 Å². The van der Waals surface area contributed by atoms with Crippen LogP contribution < -0.4 is 0 Å². The minimum atomic E-state index is -0.784. The molecule has 3 heterocycles. The van der Waals surface area contributed by atoms with Gasteiger partial charge in [0, 0.05) is 25.9 Å². The maximum atomic E-state index is 12.2. The van der Waals surface area contributed by atoms with Crippen molar-refractivity contribution in [1.29, 1.82) is 0 Å². The third-order valence-corrected chi connectivity index (χ3v) is 3.96. The standard InChI is InChI=1S/C15H17N3O5/c19-13(18-7-5-10(6-8-18)15(20)21)4-3-12-16-14(17-23-12)11-2-1-9-22-11/h1-2,9-10H,3-8H2,(H,20,21). The number of furan rings is 1. The molecule has 0 spiro atoms. The smallest absolute Gasteiger partial charge is 0.306 e. The largest absolute Gasteiger partial charge is 0.481 e. The van der Waals surface area contributed by atoms with Gasteiger partial charge in [0.05, 0.1) is 12.2 Å². The Hall–Kier alpha value is -2.64. The van der Waals surface area contributed by atoms with Gasteiger partial charge in [0.1, 0.15) is 0 Å².